The van der Waals surface area contributed by atoms with Crippen LogP contribution in [0, 0.1) is 17.1 Å². The van der Waals surface area contributed by atoms with E-state index in [1.165, 1.54) is 18.3 Å². The first-order valence-corrected chi connectivity index (χ1v) is 5.60. The van der Waals surface area contributed by atoms with Gasteiger partial charge in [0.2, 0.25) is 0 Å². The van der Waals surface area contributed by atoms with Crippen LogP contribution in [0.3, 0.4) is 0 Å². The van der Waals surface area contributed by atoms with E-state index in [4.69, 9.17) is 5.26 Å². The predicted molar refractivity (Wildman–Crippen MR) is 64.0 cm³/mol. The Labute approximate surface area is 112 Å². The Bertz CT molecular complexity index is 672. The molecule has 0 unspecified atom stereocenters. The van der Waals surface area contributed by atoms with Crippen molar-refractivity contribution in [2.45, 2.75) is 12.6 Å². The zero-order chi connectivity index (χ0) is 14.8. The van der Waals surface area contributed by atoms with Crippen LogP contribution < -0.4 is 0 Å². The number of rotatable bonds is 2. The Morgan fingerprint density at radius 1 is 1.20 bits per heavy atom. The van der Waals surface area contributed by atoms with Gasteiger partial charge in [-0.3, -0.25) is 4.98 Å². The first kappa shape index (κ1) is 14.0. The van der Waals surface area contributed by atoms with Crippen LogP contribution >= 0.6 is 0 Å². The second-order valence-corrected chi connectivity index (χ2v) is 4.06. The summed E-state index contributed by atoms with van der Waals surface area (Å²) in [4.78, 5) is 3.63. The van der Waals surface area contributed by atoms with Crippen molar-refractivity contribution < 1.29 is 17.6 Å². The van der Waals surface area contributed by atoms with E-state index in [0.717, 1.165) is 18.3 Å². The summed E-state index contributed by atoms with van der Waals surface area (Å²) < 4.78 is 51.6. The van der Waals surface area contributed by atoms with Crippen molar-refractivity contribution in [3.05, 3.63) is 53.6 Å². The lowest BCUT2D eigenvalue weighted by molar-refractivity contribution is -0.137. The molecule has 0 radical (unpaired) electrons. The van der Waals surface area contributed by atoms with Crippen molar-refractivity contribution in [3.8, 4) is 17.2 Å². The van der Waals surface area contributed by atoms with Crippen LogP contribution in [0.5, 0.6) is 0 Å². The average molecular weight is 280 g/mol. The van der Waals surface area contributed by atoms with Crippen LogP contribution in [-0.2, 0) is 12.6 Å². The lowest BCUT2D eigenvalue weighted by atomic mass is 9.98. The number of pyridine rings is 1. The van der Waals surface area contributed by atoms with Crippen molar-refractivity contribution in [1.82, 2.24) is 4.98 Å². The summed E-state index contributed by atoms with van der Waals surface area (Å²) in [6.45, 7) is 0. The number of halogens is 4. The molecule has 0 amide bonds. The number of nitriles is 1. The molecular weight excluding hydrogens is 272 g/mol. The predicted octanol–water partition coefficient (Wildman–Crippen LogP) is 3.97. The molecule has 20 heavy (non-hydrogen) atoms. The van der Waals surface area contributed by atoms with Crippen LogP contribution in [0.15, 0.2) is 36.7 Å². The fourth-order valence-corrected chi connectivity index (χ4v) is 1.83. The smallest absolute Gasteiger partial charge is 0.261 e. The number of hydrogen-bond acceptors (Lipinski definition) is 2. The van der Waals surface area contributed by atoms with Gasteiger partial charge in [0.05, 0.1) is 24.3 Å². The Hall–Kier alpha value is -2.42. The largest absolute Gasteiger partial charge is 0.416 e. The summed E-state index contributed by atoms with van der Waals surface area (Å²) in [6, 6.07) is 6.29. The van der Waals surface area contributed by atoms with Crippen molar-refractivity contribution in [2.24, 2.45) is 0 Å². The fourth-order valence-electron chi connectivity index (χ4n) is 1.83. The van der Waals surface area contributed by atoms with Gasteiger partial charge in [-0.25, -0.2) is 4.39 Å². The lowest BCUT2D eigenvalue weighted by Crippen LogP contribution is -2.05. The lowest BCUT2D eigenvalue weighted by Gasteiger charge is -2.11. The van der Waals surface area contributed by atoms with Gasteiger partial charge in [0, 0.05) is 17.3 Å². The zero-order valence-corrected chi connectivity index (χ0v) is 10.1. The molecule has 0 N–H and O–H groups in total. The highest BCUT2D eigenvalue weighted by atomic mass is 19.4. The molecule has 1 aromatic heterocycles. The summed E-state index contributed by atoms with van der Waals surface area (Å²) in [5.41, 5.74) is -0.418. The topological polar surface area (TPSA) is 36.7 Å². The van der Waals surface area contributed by atoms with Crippen LogP contribution in [0.2, 0.25) is 0 Å². The minimum Gasteiger partial charge on any atom is -0.261 e. The zero-order valence-electron chi connectivity index (χ0n) is 10.1. The minimum absolute atomic E-state index is 0.0434. The summed E-state index contributed by atoms with van der Waals surface area (Å²) in [6.07, 6.45) is -2.53. The SMILES string of the molecule is N#CCc1c(F)cncc1-c1cccc(C(F)(F)F)c1. The molecule has 0 aliphatic heterocycles. The van der Waals surface area contributed by atoms with E-state index in [1.54, 1.807) is 6.07 Å². The summed E-state index contributed by atoms with van der Waals surface area (Å²) in [7, 11) is 0. The van der Waals surface area contributed by atoms with E-state index >= 15 is 0 Å². The standard InChI is InChI=1S/C14H8F4N2/c15-13-8-20-7-12(11(13)4-5-19)9-2-1-3-10(6-9)14(16,17)18/h1-3,6-8H,4H2. The van der Waals surface area contributed by atoms with Crippen LogP contribution in [0.25, 0.3) is 11.1 Å². The van der Waals surface area contributed by atoms with Gasteiger partial charge in [-0.2, -0.15) is 18.4 Å². The summed E-state index contributed by atoms with van der Waals surface area (Å²) in [5.74, 6) is -0.707. The molecule has 0 saturated carbocycles. The maximum atomic E-state index is 13.6. The van der Waals surface area contributed by atoms with Crippen molar-refractivity contribution in [2.75, 3.05) is 0 Å². The number of nitrogens with zero attached hydrogens (tertiary/aromatic N) is 2. The quantitative estimate of drug-likeness (QED) is 0.780. The van der Waals surface area contributed by atoms with Gasteiger partial charge in [0.15, 0.2) is 0 Å². The van der Waals surface area contributed by atoms with Crippen molar-refractivity contribution in [3.63, 3.8) is 0 Å². The van der Waals surface area contributed by atoms with Crippen LogP contribution in [0.1, 0.15) is 11.1 Å². The first-order valence-electron chi connectivity index (χ1n) is 5.60. The van der Waals surface area contributed by atoms with Crippen molar-refractivity contribution in [1.29, 1.82) is 5.26 Å². The van der Waals surface area contributed by atoms with E-state index < -0.39 is 17.6 Å². The Morgan fingerprint density at radius 2 is 1.95 bits per heavy atom. The van der Waals surface area contributed by atoms with Crippen molar-refractivity contribution >= 4 is 0 Å². The second-order valence-electron chi connectivity index (χ2n) is 4.06. The molecule has 2 aromatic rings. The van der Waals surface area contributed by atoms with Gasteiger partial charge >= 0.3 is 6.18 Å². The normalized spacial score (nSPS) is 11.2. The monoisotopic (exact) mass is 280 g/mol. The maximum absolute atomic E-state index is 13.6. The highest BCUT2D eigenvalue weighted by Gasteiger charge is 2.30. The maximum Gasteiger partial charge on any atom is 0.416 e. The molecule has 0 fully saturated rings. The number of benzene rings is 1. The van der Waals surface area contributed by atoms with E-state index in [0.29, 0.717) is 0 Å². The molecule has 0 bridgehead atoms. The fraction of sp³-hybridized carbons (Fsp3) is 0.143. The second kappa shape index (κ2) is 5.29. The minimum atomic E-state index is -4.48. The van der Waals surface area contributed by atoms with Crippen LogP contribution in [-0.4, -0.2) is 4.98 Å². The van der Waals surface area contributed by atoms with Crippen LogP contribution in [0.4, 0.5) is 17.6 Å². The Kier molecular flexibility index (Phi) is 3.70. The summed E-state index contributed by atoms with van der Waals surface area (Å²) in [5, 5.41) is 8.68. The molecule has 0 saturated heterocycles. The highest BCUT2D eigenvalue weighted by molar-refractivity contribution is 5.67. The highest BCUT2D eigenvalue weighted by Crippen LogP contribution is 2.33. The van der Waals surface area contributed by atoms with Gasteiger partial charge in [-0.05, 0) is 17.7 Å². The van der Waals surface area contributed by atoms with E-state index in [-0.39, 0.29) is 23.1 Å². The van der Waals surface area contributed by atoms with E-state index in [2.05, 4.69) is 4.98 Å². The van der Waals surface area contributed by atoms with Gasteiger partial charge in [-0.1, -0.05) is 12.1 Å². The number of aromatic nitrogens is 1. The molecule has 2 rings (SSSR count). The third kappa shape index (κ3) is 2.77. The molecule has 1 aromatic carbocycles. The average Bonchev–Trinajstić information content (AvgIpc) is 2.40. The molecule has 0 aliphatic carbocycles. The molecule has 6 heteroatoms. The molecule has 102 valence electrons. The molecule has 0 spiro atoms. The molecule has 1 heterocycles. The Morgan fingerprint density at radius 3 is 2.60 bits per heavy atom. The summed E-state index contributed by atoms with van der Waals surface area (Å²) >= 11 is 0. The molecule has 2 nitrogen and oxygen atoms in total. The molecular formula is C14H8F4N2. The van der Waals surface area contributed by atoms with Gasteiger partial charge in [-0.15, -0.1) is 0 Å². The van der Waals surface area contributed by atoms with Gasteiger partial charge in [0.25, 0.3) is 0 Å². The number of hydrogen-bond donors (Lipinski definition) is 0. The van der Waals surface area contributed by atoms with Gasteiger partial charge in [0.1, 0.15) is 5.82 Å². The Balaban J connectivity index is 2.58. The third-order valence-corrected chi connectivity index (χ3v) is 2.76. The first-order chi connectivity index (χ1) is 9.43. The molecule has 0 aliphatic rings. The van der Waals surface area contributed by atoms with E-state index in [1.807, 2.05) is 0 Å². The number of alkyl halides is 3. The third-order valence-electron chi connectivity index (χ3n) is 2.76. The van der Waals surface area contributed by atoms with E-state index in [9.17, 15) is 17.6 Å². The molecule has 0 atom stereocenters. The van der Waals surface area contributed by atoms with Gasteiger partial charge < -0.3 is 0 Å².